The summed E-state index contributed by atoms with van der Waals surface area (Å²) in [5, 5.41) is 2.68. The Bertz CT molecular complexity index is 285. The fourth-order valence-electron chi connectivity index (χ4n) is 2.39. The van der Waals surface area contributed by atoms with Crippen molar-refractivity contribution in [3.8, 4) is 12.3 Å². The molecule has 1 N–H and O–H groups in total. The monoisotopic (exact) mass is 237 g/mol. The van der Waals surface area contributed by atoms with Crippen LogP contribution in [0.15, 0.2) is 0 Å². The molecule has 0 radical (unpaired) electrons. The molecular weight excluding hydrogens is 214 g/mol. The fraction of sp³-hybridized carbons (Fsp3) is 0.769. The van der Waals surface area contributed by atoms with Gasteiger partial charge < -0.3 is 5.32 Å². The summed E-state index contributed by atoms with van der Waals surface area (Å²) in [5.74, 6) is 2.41. The number of likely N-dealkylation sites (N-methyl/N-ethyl adjacent to an activating group) is 2. The predicted molar refractivity (Wildman–Crippen MR) is 69.6 cm³/mol. The largest absolute Gasteiger partial charge is 0.344 e. The number of carbonyl (C=O) groups is 1. The lowest BCUT2D eigenvalue weighted by molar-refractivity contribution is -0.121. The third-order valence-corrected chi connectivity index (χ3v) is 3.23. The van der Waals surface area contributed by atoms with Gasteiger partial charge in [-0.25, -0.2) is 0 Å². The highest BCUT2D eigenvalue weighted by Crippen LogP contribution is 2.16. The van der Waals surface area contributed by atoms with Gasteiger partial charge in [-0.2, -0.15) is 0 Å². The van der Waals surface area contributed by atoms with Gasteiger partial charge >= 0.3 is 0 Å². The standard InChI is InChI=1S/C13H23N3O/c1-4-8-14-13(17)11-15(3)10-12-7-6-9-16(12)5-2/h1,12H,5-11H2,2-3H3,(H,14,17). The van der Waals surface area contributed by atoms with Crippen LogP contribution in [0.4, 0.5) is 0 Å². The predicted octanol–water partition coefficient (Wildman–Crippen LogP) is 0.152. The van der Waals surface area contributed by atoms with E-state index in [-0.39, 0.29) is 5.91 Å². The highest BCUT2D eigenvalue weighted by atomic mass is 16.2. The van der Waals surface area contributed by atoms with Gasteiger partial charge in [0.25, 0.3) is 0 Å². The molecule has 0 bridgehead atoms. The van der Waals surface area contributed by atoms with Gasteiger partial charge in [0, 0.05) is 12.6 Å². The molecular formula is C13H23N3O. The molecule has 1 rings (SSSR count). The van der Waals surface area contributed by atoms with E-state index in [0.29, 0.717) is 19.1 Å². The molecule has 1 heterocycles. The first-order chi connectivity index (χ1) is 8.17. The van der Waals surface area contributed by atoms with Crippen LogP contribution < -0.4 is 5.32 Å². The number of likely N-dealkylation sites (tertiary alicyclic amines) is 1. The zero-order valence-corrected chi connectivity index (χ0v) is 10.9. The van der Waals surface area contributed by atoms with Crippen LogP contribution in [-0.4, -0.2) is 61.5 Å². The quantitative estimate of drug-likeness (QED) is 0.668. The Balaban J connectivity index is 2.26. The van der Waals surface area contributed by atoms with E-state index in [4.69, 9.17) is 6.42 Å². The molecule has 0 aromatic rings. The number of amides is 1. The third-order valence-electron chi connectivity index (χ3n) is 3.23. The van der Waals surface area contributed by atoms with Gasteiger partial charge in [-0.3, -0.25) is 14.6 Å². The van der Waals surface area contributed by atoms with Gasteiger partial charge in [-0.1, -0.05) is 12.8 Å². The molecule has 4 heteroatoms. The summed E-state index contributed by atoms with van der Waals surface area (Å²) in [5.41, 5.74) is 0. The maximum atomic E-state index is 11.5. The molecule has 0 saturated carbocycles. The van der Waals surface area contributed by atoms with Gasteiger partial charge in [-0.05, 0) is 33.0 Å². The van der Waals surface area contributed by atoms with Crippen LogP contribution in [0.5, 0.6) is 0 Å². The fourth-order valence-corrected chi connectivity index (χ4v) is 2.39. The average molecular weight is 237 g/mol. The lowest BCUT2D eigenvalue weighted by Gasteiger charge is -2.27. The average Bonchev–Trinajstić information content (AvgIpc) is 2.73. The highest BCUT2D eigenvalue weighted by molar-refractivity contribution is 5.78. The number of carbonyl (C=O) groups excluding carboxylic acids is 1. The molecule has 0 aromatic carbocycles. The molecule has 1 saturated heterocycles. The summed E-state index contributed by atoms with van der Waals surface area (Å²) in [4.78, 5) is 16.0. The van der Waals surface area contributed by atoms with Gasteiger partial charge in [0.2, 0.25) is 5.91 Å². The second-order valence-electron chi connectivity index (χ2n) is 4.60. The first kappa shape index (κ1) is 14.0. The normalized spacial score (nSPS) is 20.5. The van der Waals surface area contributed by atoms with Crippen molar-refractivity contribution in [3.63, 3.8) is 0 Å². The molecule has 0 aliphatic carbocycles. The first-order valence-corrected chi connectivity index (χ1v) is 6.30. The molecule has 1 aliphatic heterocycles. The zero-order valence-electron chi connectivity index (χ0n) is 10.9. The topological polar surface area (TPSA) is 35.6 Å². The van der Waals surface area contributed by atoms with Crippen molar-refractivity contribution < 1.29 is 4.79 Å². The second-order valence-corrected chi connectivity index (χ2v) is 4.60. The summed E-state index contributed by atoms with van der Waals surface area (Å²) in [7, 11) is 1.99. The Kier molecular flexibility index (Phi) is 6.03. The highest BCUT2D eigenvalue weighted by Gasteiger charge is 2.24. The van der Waals surface area contributed by atoms with Gasteiger partial charge in [0.1, 0.15) is 0 Å². The van der Waals surface area contributed by atoms with Gasteiger partial charge in [0.15, 0.2) is 0 Å². The van der Waals surface area contributed by atoms with Gasteiger partial charge in [0.05, 0.1) is 13.1 Å². The van der Waals surface area contributed by atoms with Crippen LogP contribution in [-0.2, 0) is 4.79 Å². The van der Waals surface area contributed by atoms with Crippen LogP contribution in [0.3, 0.4) is 0 Å². The molecule has 4 nitrogen and oxygen atoms in total. The lowest BCUT2D eigenvalue weighted by atomic mass is 10.2. The van der Waals surface area contributed by atoms with Crippen molar-refractivity contribution in [2.45, 2.75) is 25.8 Å². The number of hydrogen-bond donors (Lipinski definition) is 1. The number of nitrogens with zero attached hydrogens (tertiary/aromatic N) is 2. The summed E-state index contributed by atoms with van der Waals surface area (Å²) in [6.45, 7) is 6.18. The van der Waals surface area contributed by atoms with E-state index in [0.717, 1.165) is 13.1 Å². The minimum atomic E-state index is 0.00601. The Morgan fingerprint density at radius 1 is 1.65 bits per heavy atom. The van der Waals surface area contributed by atoms with Crippen molar-refractivity contribution in [2.75, 3.05) is 39.8 Å². The summed E-state index contributed by atoms with van der Waals surface area (Å²) in [6.07, 6.45) is 7.60. The molecule has 1 atom stereocenters. The maximum Gasteiger partial charge on any atom is 0.234 e. The minimum absolute atomic E-state index is 0.00601. The molecule has 1 aliphatic rings. The first-order valence-electron chi connectivity index (χ1n) is 6.30. The molecule has 1 amide bonds. The third kappa shape index (κ3) is 4.76. The Labute approximate surface area is 104 Å². The summed E-state index contributed by atoms with van der Waals surface area (Å²) in [6, 6.07) is 0.602. The van der Waals surface area contributed by atoms with Crippen molar-refractivity contribution in [3.05, 3.63) is 0 Å². The number of terminal acetylenes is 1. The van der Waals surface area contributed by atoms with E-state index in [1.165, 1.54) is 19.4 Å². The molecule has 0 spiro atoms. The lowest BCUT2D eigenvalue weighted by Crippen LogP contribution is -2.42. The molecule has 0 aromatic heterocycles. The Morgan fingerprint density at radius 3 is 3.06 bits per heavy atom. The molecule has 1 unspecified atom stereocenters. The van der Waals surface area contributed by atoms with E-state index < -0.39 is 0 Å². The smallest absolute Gasteiger partial charge is 0.234 e. The van der Waals surface area contributed by atoms with E-state index in [1.807, 2.05) is 7.05 Å². The van der Waals surface area contributed by atoms with Crippen molar-refractivity contribution in [2.24, 2.45) is 0 Å². The number of nitrogens with one attached hydrogen (secondary N) is 1. The Morgan fingerprint density at radius 2 is 2.41 bits per heavy atom. The maximum absolute atomic E-state index is 11.5. The van der Waals surface area contributed by atoms with E-state index >= 15 is 0 Å². The van der Waals surface area contributed by atoms with Crippen molar-refractivity contribution in [1.29, 1.82) is 0 Å². The SMILES string of the molecule is C#CCNC(=O)CN(C)CC1CCCN1CC. The molecule has 17 heavy (non-hydrogen) atoms. The minimum Gasteiger partial charge on any atom is -0.344 e. The summed E-state index contributed by atoms with van der Waals surface area (Å²) < 4.78 is 0. The van der Waals surface area contributed by atoms with E-state index in [2.05, 4.69) is 28.0 Å². The van der Waals surface area contributed by atoms with Crippen molar-refractivity contribution in [1.82, 2.24) is 15.1 Å². The number of hydrogen-bond acceptors (Lipinski definition) is 3. The van der Waals surface area contributed by atoms with Crippen LogP contribution in [0.25, 0.3) is 0 Å². The van der Waals surface area contributed by atoms with Crippen LogP contribution in [0.1, 0.15) is 19.8 Å². The van der Waals surface area contributed by atoms with Crippen LogP contribution in [0, 0.1) is 12.3 Å². The van der Waals surface area contributed by atoms with E-state index in [9.17, 15) is 4.79 Å². The van der Waals surface area contributed by atoms with Gasteiger partial charge in [-0.15, -0.1) is 6.42 Å². The molecule has 1 fully saturated rings. The second kappa shape index (κ2) is 7.31. The van der Waals surface area contributed by atoms with E-state index in [1.54, 1.807) is 0 Å². The summed E-state index contributed by atoms with van der Waals surface area (Å²) >= 11 is 0. The van der Waals surface area contributed by atoms with Crippen molar-refractivity contribution >= 4 is 5.91 Å². The molecule has 96 valence electrons. The zero-order chi connectivity index (χ0) is 12.7. The van der Waals surface area contributed by atoms with Crippen LogP contribution >= 0.6 is 0 Å². The van der Waals surface area contributed by atoms with Crippen LogP contribution in [0.2, 0.25) is 0 Å². The Hall–Kier alpha value is -1.05. The number of rotatable bonds is 6.